The molecule has 6 nitrogen and oxygen atoms in total. The third-order valence-electron chi connectivity index (χ3n) is 6.68. The van der Waals surface area contributed by atoms with Gasteiger partial charge in [0.05, 0.1) is 13.2 Å². The van der Waals surface area contributed by atoms with E-state index < -0.39 is 0 Å². The second-order valence-corrected chi connectivity index (χ2v) is 8.39. The van der Waals surface area contributed by atoms with Crippen LogP contribution in [0.15, 0.2) is 28.7 Å². The summed E-state index contributed by atoms with van der Waals surface area (Å²) in [6, 6.07) is 7.49. The number of morpholine rings is 1. The molecule has 3 aliphatic rings. The van der Waals surface area contributed by atoms with Gasteiger partial charge in [0.1, 0.15) is 11.3 Å². The molecule has 3 fully saturated rings. The van der Waals surface area contributed by atoms with E-state index in [1.54, 1.807) is 4.90 Å². The van der Waals surface area contributed by atoms with E-state index in [0.29, 0.717) is 55.8 Å². The van der Waals surface area contributed by atoms with Gasteiger partial charge in [-0.15, -0.1) is 0 Å². The smallest absolute Gasteiger partial charge is 0.291 e. The van der Waals surface area contributed by atoms with Crippen molar-refractivity contribution in [2.45, 2.75) is 32.1 Å². The average Bonchev–Trinajstić information content (AvgIpc) is 3.43. The number of hydrogen-bond donors (Lipinski definition) is 1. The number of nitrogens with one attached hydrogen (secondary N) is 1. The van der Waals surface area contributed by atoms with Crippen molar-refractivity contribution in [2.24, 2.45) is 17.8 Å². The van der Waals surface area contributed by atoms with Gasteiger partial charge in [0, 0.05) is 24.9 Å². The molecular weight excluding hydrogens is 356 g/mol. The van der Waals surface area contributed by atoms with Crippen molar-refractivity contribution in [3.05, 3.63) is 30.0 Å². The Labute approximate surface area is 164 Å². The number of carbonyl (C=O) groups is 2. The number of para-hydroxylation sites is 1. The molecule has 0 spiro atoms. The summed E-state index contributed by atoms with van der Waals surface area (Å²) in [6.45, 7) is 2.12. The van der Waals surface area contributed by atoms with E-state index in [4.69, 9.17) is 9.15 Å². The third-order valence-corrected chi connectivity index (χ3v) is 6.68. The van der Waals surface area contributed by atoms with Crippen LogP contribution < -0.4 is 5.32 Å². The highest BCUT2D eigenvalue weighted by molar-refractivity contribution is 6.10. The van der Waals surface area contributed by atoms with Crippen LogP contribution in [0.25, 0.3) is 11.0 Å². The van der Waals surface area contributed by atoms with E-state index in [2.05, 4.69) is 5.32 Å². The second-order valence-electron chi connectivity index (χ2n) is 8.39. The van der Waals surface area contributed by atoms with Gasteiger partial charge in [-0.05, 0) is 49.1 Å². The zero-order chi connectivity index (χ0) is 19.1. The van der Waals surface area contributed by atoms with Gasteiger partial charge in [-0.3, -0.25) is 9.59 Å². The number of hydrogen-bond acceptors (Lipinski definition) is 4. The molecule has 1 aliphatic heterocycles. The van der Waals surface area contributed by atoms with E-state index >= 15 is 0 Å². The van der Waals surface area contributed by atoms with Crippen LogP contribution >= 0.6 is 0 Å². The summed E-state index contributed by atoms with van der Waals surface area (Å²) in [6.07, 6.45) is 5.58. The zero-order valence-electron chi connectivity index (χ0n) is 16.0. The van der Waals surface area contributed by atoms with Crippen LogP contribution in [0.4, 0.5) is 5.69 Å². The molecule has 28 heavy (non-hydrogen) atoms. The van der Waals surface area contributed by atoms with Gasteiger partial charge >= 0.3 is 0 Å². The minimum atomic E-state index is -0.185. The Kier molecular flexibility index (Phi) is 4.59. The number of anilines is 1. The first-order valence-electron chi connectivity index (χ1n) is 10.4. The summed E-state index contributed by atoms with van der Waals surface area (Å²) in [7, 11) is 0. The topological polar surface area (TPSA) is 71.8 Å². The van der Waals surface area contributed by atoms with E-state index in [-0.39, 0.29) is 17.6 Å². The number of nitrogens with zero attached hydrogens (tertiary/aromatic N) is 1. The molecule has 1 N–H and O–H groups in total. The van der Waals surface area contributed by atoms with E-state index in [9.17, 15) is 9.59 Å². The molecule has 2 bridgehead atoms. The quantitative estimate of drug-likeness (QED) is 0.876. The summed E-state index contributed by atoms with van der Waals surface area (Å²) in [5.74, 6) is 2.02. The van der Waals surface area contributed by atoms with Gasteiger partial charge in [0.15, 0.2) is 0 Å². The first kappa shape index (κ1) is 17.7. The van der Waals surface area contributed by atoms with Crippen molar-refractivity contribution >= 4 is 28.5 Å². The average molecular weight is 382 g/mol. The highest BCUT2D eigenvalue weighted by Crippen LogP contribution is 2.49. The molecular formula is C22H26N2O4. The lowest BCUT2D eigenvalue weighted by Gasteiger charge is -2.26. The van der Waals surface area contributed by atoms with Crippen molar-refractivity contribution in [2.75, 3.05) is 31.6 Å². The molecule has 2 saturated carbocycles. The van der Waals surface area contributed by atoms with E-state index in [0.717, 1.165) is 11.3 Å². The minimum absolute atomic E-state index is 0.0138. The lowest BCUT2D eigenvalue weighted by molar-refractivity contribution is -0.117. The van der Waals surface area contributed by atoms with Crippen LogP contribution in [0, 0.1) is 17.8 Å². The van der Waals surface area contributed by atoms with Crippen LogP contribution in [-0.2, 0) is 9.53 Å². The fraction of sp³-hybridized carbons (Fsp3) is 0.545. The monoisotopic (exact) mass is 382 g/mol. The number of carbonyl (C=O) groups excluding carboxylic acids is 2. The van der Waals surface area contributed by atoms with Gasteiger partial charge < -0.3 is 19.4 Å². The lowest BCUT2D eigenvalue weighted by atomic mass is 9.86. The predicted molar refractivity (Wildman–Crippen MR) is 105 cm³/mol. The highest BCUT2D eigenvalue weighted by atomic mass is 16.5. The van der Waals surface area contributed by atoms with E-state index in [1.807, 2.05) is 24.3 Å². The third kappa shape index (κ3) is 3.20. The molecule has 1 aromatic carbocycles. The summed E-state index contributed by atoms with van der Waals surface area (Å²) in [5, 5.41) is 3.81. The second kappa shape index (κ2) is 7.24. The molecule has 148 valence electrons. The van der Waals surface area contributed by atoms with Crippen LogP contribution in [0.1, 0.15) is 42.7 Å². The van der Waals surface area contributed by atoms with Crippen LogP contribution in [0.2, 0.25) is 0 Å². The molecule has 3 unspecified atom stereocenters. The molecule has 0 radical (unpaired) electrons. The van der Waals surface area contributed by atoms with Gasteiger partial charge in [0.25, 0.3) is 5.91 Å². The Morgan fingerprint density at radius 1 is 1.11 bits per heavy atom. The van der Waals surface area contributed by atoms with Crippen molar-refractivity contribution in [3.8, 4) is 0 Å². The lowest BCUT2D eigenvalue weighted by Crippen LogP contribution is -2.40. The molecule has 6 heteroatoms. The van der Waals surface area contributed by atoms with Gasteiger partial charge in [-0.25, -0.2) is 0 Å². The van der Waals surface area contributed by atoms with Crippen molar-refractivity contribution < 1.29 is 18.7 Å². The molecule has 1 aromatic heterocycles. The minimum Gasteiger partial charge on any atom is -0.449 e. The first-order chi connectivity index (χ1) is 13.7. The molecule has 2 aliphatic carbocycles. The number of fused-ring (bicyclic) bond motifs is 3. The number of amides is 2. The van der Waals surface area contributed by atoms with Crippen molar-refractivity contribution in [1.29, 1.82) is 0 Å². The fourth-order valence-corrected chi connectivity index (χ4v) is 5.29. The maximum absolute atomic E-state index is 13.0. The van der Waals surface area contributed by atoms with Crippen molar-refractivity contribution in [3.63, 3.8) is 0 Å². The van der Waals surface area contributed by atoms with Crippen LogP contribution in [0.5, 0.6) is 0 Å². The number of ether oxygens (including phenoxy) is 1. The normalized spacial score (nSPS) is 26.7. The van der Waals surface area contributed by atoms with Crippen LogP contribution in [0.3, 0.4) is 0 Å². The maximum Gasteiger partial charge on any atom is 0.291 e. The standard InChI is InChI=1S/C22H26N2O4/c25-19(13-16-12-14-5-6-15(16)11-14)23-20-17-3-1-2-4-18(17)28-21(20)22(26)24-7-9-27-10-8-24/h1-4,14-16H,5-13H2,(H,23,25). The molecule has 5 rings (SSSR count). The summed E-state index contributed by atoms with van der Waals surface area (Å²) < 4.78 is 11.2. The SMILES string of the molecule is O=C(CC1CC2CCC1C2)Nc1c(C(=O)N2CCOCC2)oc2ccccc12. The molecule has 2 aromatic rings. The molecule has 1 saturated heterocycles. The summed E-state index contributed by atoms with van der Waals surface area (Å²) in [4.78, 5) is 27.6. The summed E-state index contributed by atoms with van der Waals surface area (Å²) in [5.41, 5.74) is 1.13. The molecule has 3 atom stereocenters. The van der Waals surface area contributed by atoms with Gasteiger partial charge in [0.2, 0.25) is 11.7 Å². The number of rotatable bonds is 4. The Bertz CT molecular complexity index is 899. The largest absolute Gasteiger partial charge is 0.449 e. The Balaban J connectivity index is 1.39. The Hall–Kier alpha value is -2.34. The van der Waals surface area contributed by atoms with Gasteiger partial charge in [-0.1, -0.05) is 18.6 Å². The fourth-order valence-electron chi connectivity index (χ4n) is 5.29. The first-order valence-corrected chi connectivity index (χ1v) is 10.4. The predicted octanol–water partition coefficient (Wildman–Crippen LogP) is 3.67. The molecule has 2 amide bonds. The highest BCUT2D eigenvalue weighted by Gasteiger charge is 2.40. The summed E-state index contributed by atoms with van der Waals surface area (Å²) >= 11 is 0. The number of furan rings is 1. The Morgan fingerprint density at radius 2 is 1.93 bits per heavy atom. The maximum atomic E-state index is 13.0. The number of benzene rings is 1. The van der Waals surface area contributed by atoms with Crippen molar-refractivity contribution in [1.82, 2.24) is 4.90 Å². The Morgan fingerprint density at radius 3 is 2.68 bits per heavy atom. The van der Waals surface area contributed by atoms with E-state index in [1.165, 1.54) is 25.7 Å². The van der Waals surface area contributed by atoms with Crippen LogP contribution in [-0.4, -0.2) is 43.0 Å². The van der Waals surface area contributed by atoms with Gasteiger partial charge in [-0.2, -0.15) is 0 Å². The zero-order valence-corrected chi connectivity index (χ0v) is 16.0. The molecule has 2 heterocycles.